The molecule has 104 valence electrons. The predicted molar refractivity (Wildman–Crippen MR) is 73.8 cm³/mol. The molecule has 1 fully saturated rings. The topological polar surface area (TPSA) is 59.6 Å². The second kappa shape index (κ2) is 6.96. The third-order valence-electron chi connectivity index (χ3n) is 2.64. The first kappa shape index (κ1) is 14.4. The number of urea groups is 1. The van der Waals surface area contributed by atoms with Gasteiger partial charge in [-0.2, -0.15) is 0 Å². The van der Waals surface area contributed by atoms with Crippen LogP contribution in [0.4, 0.5) is 10.5 Å². The summed E-state index contributed by atoms with van der Waals surface area (Å²) in [5.41, 5.74) is 0.472. The van der Waals surface area contributed by atoms with Crippen molar-refractivity contribution in [2.45, 2.75) is 12.5 Å². The highest BCUT2D eigenvalue weighted by molar-refractivity contribution is 6.35. The third kappa shape index (κ3) is 4.54. The van der Waals surface area contributed by atoms with Gasteiger partial charge in [0.25, 0.3) is 0 Å². The maximum absolute atomic E-state index is 11.7. The second-order valence-corrected chi connectivity index (χ2v) is 4.91. The smallest absolute Gasteiger partial charge is 0.319 e. The normalized spacial score (nSPS) is 18.9. The van der Waals surface area contributed by atoms with Gasteiger partial charge < -0.3 is 20.1 Å². The van der Waals surface area contributed by atoms with E-state index in [-0.39, 0.29) is 18.9 Å². The van der Waals surface area contributed by atoms with E-state index < -0.39 is 0 Å². The van der Waals surface area contributed by atoms with Crippen molar-refractivity contribution in [3.8, 4) is 0 Å². The van der Waals surface area contributed by atoms with Gasteiger partial charge in [0, 0.05) is 11.6 Å². The van der Waals surface area contributed by atoms with Crippen LogP contribution in [0.3, 0.4) is 0 Å². The summed E-state index contributed by atoms with van der Waals surface area (Å²) < 4.78 is 10.4. The van der Waals surface area contributed by atoms with Crippen LogP contribution in [0.25, 0.3) is 0 Å². The number of benzene rings is 1. The molecule has 1 aliphatic rings. The lowest BCUT2D eigenvalue weighted by Gasteiger charge is -2.23. The first-order valence-electron chi connectivity index (χ1n) is 5.84. The highest BCUT2D eigenvalue weighted by Gasteiger charge is 2.15. The van der Waals surface area contributed by atoms with Crippen LogP contribution in [0.5, 0.6) is 0 Å². The van der Waals surface area contributed by atoms with Crippen molar-refractivity contribution in [2.24, 2.45) is 0 Å². The quantitative estimate of drug-likeness (QED) is 0.902. The van der Waals surface area contributed by atoms with E-state index >= 15 is 0 Å². The summed E-state index contributed by atoms with van der Waals surface area (Å²) in [5.74, 6) is 0. The minimum atomic E-state index is -0.348. The fourth-order valence-corrected chi connectivity index (χ4v) is 1.97. The molecule has 1 aromatic rings. The molecule has 0 saturated carbocycles. The third-order valence-corrected chi connectivity index (χ3v) is 3.20. The fraction of sp³-hybridized carbons (Fsp3) is 0.417. The van der Waals surface area contributed by atoms with E-state index in [0.717, 1.165) is 6.42 Å². The zero-order chi connectivity index (χ0) is 13.7. The van der Waals surface area contributed by atoms with Crippen molar-refractivity contribution in [1.82, 2.24) is 5.32 Å². The summed E-state index contributed by atoms with van der Waals surface area (Å²) in [5, 5.41) is 6.29. The monoisotopic (exact) mass is 304 g/mol. The van der Waals surface area contributed by atoms with Crippen LogP contribution in [0.1, 0.15) is 6.42 Å². The van der Waals surface area contributed by atoms with Crippen LogP contribution in [-0.2, 0) is 9.47 Å². The molecule has 0 aromatic heterocycles. The van der Waals surface area contributed by atoms with Gasteiger partial charge >= 0.3 is 6.03 Å². The van der Waals surface area contributed by atoms with Gasteiger partial charge in [0.1, 0.15) is 6.79 Å². The predicted octanol–water partition coefficient (Wildman–Crippen LogP) is 2.88. The zero-order valence-corrected chi connectivity index (χ0v) is 11.6. The van der Waals surface area contributed by atoms with Crippen molar-refractivity contribution in [3.63, 3.8) is 0 Å². The van der Waals surface area contributed by atoms with E-state index in [0.29, 0.717) is 28.9 Å². The number of halogens is 2. The van der Waals surface area contributed by atoms with Crippen molar-refractivity contribution in [1.29, 1.82) is 0 Å². The van der Waals surface area contributed by atoms with Crippen LogP contribution < -0.4 is 10.6 Å². The Hall–Kier alpha value is -1.01. The first-order valence-corrected chi connectivity index (χ1v) is 6.60. The molecule has 2 N–H and O–H groups in total. The lowest BCUT2D eigenvalue weighted by molar-refractivity contribution is -0.136. The van der Waals surface area contributed by atoms with Gasteiger partial charge in [-0.3, -0.25) is 0 Å². The molecule has 0 unspecified atom stereocenters. The molecular weight excluding hydrogens is 291 g/mol. The summed E-state index contributed by atoms with van der Waals surface area (Å²) in [6, 6.07) is 4.53. The number of ether oxygens (including phenoxy) is 2. The Morgan fingerprint density at radius 2 is 2.26 bits per heavy atom. The Kier molecular flexibility index (Phi) is 5.27. The summed E-state index contributed by atoms with van der Waals surface area (Å²) >= 11 is 11.8. The first-order chi connectivity index (χ1) is 9.15. The van der Waals surface area contributed by atoms with Gasteiger partial charge in [-0.25, -0.2) is 4.79 Å². The van der Waals surface area contributed by atoms with Crippen LogP contribution in [-0.4, -0.2) is 32.1 Å². The number of nitrogens with one attached hydrogen (secondary N) is 2. The Morgan fingerprint density at radius 3 is 3.00 bits per heavy atom. The Balaban J connectivity index is 1.81. The number of hydrogen-bond donors (Lipinski definition) is 2. The van der Waals surface area contributed by atoms with Crippen molar-refractivity contribution < 1.29 is 14.3 Å². The van der Waals surface area contributed by atoms with Gasteiger partial charge in [-0.1, -0.05) is 23.2 Å². The number of anilines is 1. The number of carbonyl (C=O) groups is 1. The number of hydrogen-bond acceptors (Lipinski definition) is 3. The Morgan fingerprint density at radius 1 is 1.42 bits per heavy atom. The van der Waals surface area contributed by atoms with Crippen molar-refractivity contribution in [3.05, 3.63) is 28.2 Å². The maximum Gasteiger partial charge on any atom is 0.319 e. The van der Waals surface area contributed by atoms with Gasteiger partial charge in [0.15, 0.2) is 0 Å². The van der Waals surface area contributed by atoms with Gasteiger partial charge in [-0.15, -0.1) is 0 Å². The Labute approximate surface area is 121 Å². The molecule has 0 aliphatic carbocycles. The van der Waals surface area contributed by atoms with Crippen molar-refractivity contribution >= 4 is 34.9 Å². The van der Waals surface area contributed by atoms with E-state index in [1.165, 1.54) is 0 Å². The maximum atomic E-state index is 11.7. The Bertz CT molecular complexity index is 451. The molecule has 0 spiro atoms. The average Bonchev–Trinajstić information content (AvgIpc) is 2.42. The van der Waals surface area contributed by atoms with Crippen LogP contribution in [0.2, 0.25) is 10.0 Å². The summed E-state index contributed by atoms with van der Waals surface area (Å²) in [6.45, 7) is 1.34. The lowest BCUT2D eigenvalue weighted by atomic mass is 10.2. The highest BCUT2D eigenvalue weighted by atomic mass is 35.5. The van der Waals surface area contributed by atoms with E-state index in [9.17, 15) is 4.79 Å². The van der Waals surface area contributed by atoms with Gasteiger partial charge in [0.05, 0.1) is 23.4 Å². The summed E-state index contributed by atoms with van der Waals surface area (Å²) in [7, 11) is 0. The van der Waals surface area contributed by atoms with Crippen LogP contribution in [0.15, 0.2) is 18.2 Å². The largest absolute Gasteiger partial charge is 0.355 e. The minimum Gasteiger partial charge on any atom is -0.355 e. The zero-order valence-electron chi connectivity index (χ0n) is 10.1. The minimum absolute atomic E-state index is 0.0191. The molecule has 2 amide bonds. The highest BCUT2D eigenvalue weighted by Crippen LogP contribution is 2.25. The lowest BCUT2D eigenvalue weighted by Crippen LogP contribution is -2.39. The molecule has 19 heavy (non-hydrogen) atoms. The molecule has 2 rings (SSSR count). The molecular formula is C12H14Cl2N2O3. The summed E-state index contributed by atoms with van der Waals surface area (Å²) in [4.78, 5) is 11.7. The average molecular weight is 305 g/mol. The molecule has 1 aromatic carbocycles. The molecule has 1 aliphatic heterocycles. The van der Waals surface area contributed by atoms with Crippen molar-refractivity contribution in [2.75, 3.05) is 25.3 Å². The second-order valence-electron chi connectivity index (χ2n) is 4.06. The van der Waals surface area contributed by atoms with E-state index in [4.69, 9.17) is 32.7 Å². The number of amides is 2. The molecule has 7 heteroatoms. The molecule has 1 saturated heterocycles. The molecule has 1 atom stereocenters. The van der Waals surface area contributed by atoms with Crippen LogP contribution in [0, 0.1) is 0 Å². The SMILES string of the molecule is O=C(NC[C@H]1CCOCO1)Nc1cc(Cl)ccc1Cl. The van der Waals surface area contributed by atoms with E-state index in [1.54, 1.807) is 18.2 Å². The fourth-order valence-electron chi connectivity index (χ4n) is 1.63. The standard InChI is InChI=1S/C12H14Cl2N2O3/c13-8-1-2-10(14)11(5-8)16-12(17)15-6-9-3-4-18-7-19-9/h1-2,5,9H,3-4,6-7H2,(H2,15,16,17)/t9-/m1/s1. The molecule has 0 bridgehead atoms. The van der Waals surface area contributed by atoms with E-state index in [1.807, 2.05) is 0 Å². The van der Waals surface area contributed by atoms with Gasteiger partial charge in [-0.05, 0) is 24.6 Å². The molecule has 1 heterocycles. The summed E-state index contributed by atoms with van der Waals surface area (Å²) in [6.07, 6.45) is 0.743. The number of rotatable bonds is 3. The van der Waals surface area contributed by atoms with Crippen LogP contribution >= 0.6 is 23.2 Å². The molecule has 5 nitrogen and oxygen atoms in total. The number of carbonyl (C=O) groups excluding carboxylic acids is 1. The molecule has 0 radical (unpaired) electrons. The van der Waals surface area contributed by atoms with Gasteiger partial charge in [0.2, 0.25) is 0 Å². The van der Waals surface area contributed by atoms with E-state index in [2.05, 4.69) is 10.6 Å².